The van der Waals surface area contributed by atoms with Crippen LogP contribution in [-0.4, -0.2) is 19.0 Å². The Morgan fingerprint density at radius 3 is 2.71 bits per heavy atom. The van der Waals surface area contributed by atoms with E-state index >= 15 is 0 Å². The summed E-state index contributed by atoms with van der Waals surface area (Å²) in [5.41, 5.74) is 5.57. The largest absolute Gasteiger partial charge is 0.356 e. The predicted octanol–water partition coefficient (Wildman–Crippen LogP) is 2.61. The van der Waals surface area contributed by atoms with Gasteiger partial charge in [0.05, 0.1) is 0 Å². The molecule has 0 fully saturated rings. The first-order valence-electron chi connectivity index (χ1n) is 6.82. The molecule has 0 saturated heterocycles. The maximum atomic E-state index is 11.6. The normalized spacial score (nSPS) is 12.9. The lowest BCUT2D eigenvalue weighted by molar-refractivity contribution is -0.121. The molecule has 0 aliphatic heterocycles. The fourth-order valence-electron chi connectivity index (χ4n) is 1.96. The second kappa shape index (κ2) is 11.6. The van der Waals surface area contributed by atoms with Crippen LogP contribution in [0.3, 0.4) is 0 Å². The highest BCUT2D eigenvalue weighted by Gasteiger charge is 2.09. The molecular weight excluding hydrogens is 212 g/mol. The second-order valence-corrected chi connectivity index (χ2v) is 4.48. The smallest absolute Gasteiger partial charge is 0.220 e. The summed E-state index contributed by atoms with van der Waals surface area (Å²) in [5.74, 6) is 0.791. The van der Waals surface area contributed by atoms with Crippen molar-refractivity contribution in [2.75, 3.05) is 13.1 Å². The highest BCUT2D eigenvalue weighted by molar-refractivity contribution is 5.75. The standard InChI is InChI=1S/C14H28N2O/c1-3-5-6-12-16-14(17)9-8-13(7-4-2)10-11-15/h3,5,13H,4,6-12,15H2,1-2H3,(H,16,17)/b5-3+. The average Bonchev–Trinajstić information content (AvgIpc) is 2.32. The Bertz CT molecular complexity index is 208. The third-order valence-corrected chi connectivity index (χ3v) is 2.92. The van der Waals surface area contributed by atoms with Crippen LogP contribution in [0.2, 0.25) is 0 Å². The van der Waals surface area contributed by atoms with Crippen LogP contribution in [0.15, 0.2) is 12.2 Å². The van der Waals surface area contributed by atoms with E-state index in [1.54, 1.807) is 0 Å². The van der Waals surface area contributed by atoms with Crippen molar-refractivity contribution in [2.45, 2.75) is 52.4 Å². The van der Waals surface area contributed by atoms with Crippen molar-refractivity contribution in [2.24, 2.45) is 11.7 Å². The van der Waals surface area contributed by atoms with E-state index in [1.807, 2.05) is 13.0 Å². The van der Waals surface area contributed by atoms with Crippen molar-refractivity contribution in [3.05, 3.63) is 12.2 Å². The van der Waals surface area contributed by atoms with Crippen molar-refractivity contribution in [1.29, 1.82) is 0 Å². The number of carbonyl (C=O) groups is 1. The van der Waals surface area contributed by atoms with Crippen LogP contribution in [0, 0.1) is 5.92 Å². The Labute approximate surface area is 106 Å². The molecule has 0 aromatic carbocycles. The quantitative estimate of drug-likeness (QED) is 0.455. The molecule has 1 atom stereocenters. The van der Waals surface area contributed by atoms with Crippen molar-refractivity contribution in [3.8, 4) is 0 Å². The molecule has 3 nitrogen and oxygen atoms in total. The zero-order chi connectivity index (χ0) is 12.9. The molecule has 0 aromatic heterocycles. The molecule has 0 rings (SSSR count). The molecule has 3 heteroatoms. The minimum absolute atomic E-state index is 0.174. The maximum Gasteiger partial charge on any atom is 0.220 e. The predicted molar refractivity (Wildman–Crippen MR) is 73.7 cm³/mol. The Hall–Kier alpha value is -0.830. The summed E-state index contributed by atoms with van der Waals surface area (Å²) in [6.45, 7) is 5.65. The fourth-order valence-corrected chi connectivity index (χ4v) is 1.96. The fraction of sp³-hybridized carbons (Fsp3) is 0.786. The van der Waals surface area contributed by atoms with Crippen molar-refractivity contribution < 1.29 is 4.79 Å². The molecule has 100 valence electrons. The van der Waals surface area contributed by atoms with Gasteiger partial charge in [0, 0.05) is 13.0 Å². The lowest BCUT2D eigenvalue weighted by Crippen LogP contribution is -2.24. The molecule has 0 saturated carbocycles. The van der Waals surface area contributed by atoms with Crippen molar-refractivity contribution >= 4 is 5.91 Å². The van der Waals surface area contributed by atoms with Gasteiger partial charge in [-0.1, -0.05) is 31.9 Å². The Kier molecular flexibility index (Phi) is 11.1. The number of carbonyl (C=O) groups excluding carboxylic acids is 1. The number of amides is 1. The van der Waals surface area contributed by atoms with E-state index in [1.165, 1.54) is 12.8 Å². The number of nitrogens with one attached hydrogen (secondary N) is 1. The van der Waals surface area contributed by atoms with Crippen LogP contribution in [0.25, 0.3) is 0 Å². The zero-order valence-corrected chi connectivity index (χ0v) is 11.4. The van der Waals surface area contributed by atoms with E-state index in [4.69, 9.17) is 5.73 Å². The van der Waals surface area contributed by atoms with Crippen LogP contribution in [0.1, 0.15) is 52.4 Å². The molecular formula is C14H28N2O. The summed E-state index contributed by atoms with van der Waals surface area (Å²) in [6, 6.07) is 0. The van der Waals surface area contributed by atoms with Gasteiger partial charge in [-0.15, -0.1) is 0 Å². The van der Waals surface area contributed by atoms with Crippen LogP contribution >= 0.6 is 0 Å². The summed E-state index contributed by atoms with van der Waals surface area (Å²) in [4.78, 5) is 11.6. The van der Waals surface area contributed by atoms with Gasteiger partial charge >= 0.3 is 0 Å². The number of allylic oxidation sites excluding steroid dienone is 1. The second-order valence-electron chi connectivity index (χ2n) is 4.48. The Morgan fingerprint density at radius 2 is 2.12 bits per heavy atom. The summed E-state index contributed by atoms with van der Waals surface area (Å²) in [7, 11) is 0. The molecule has 1 amide bonds. The monoisotopic (exact) mass is 240 g/mol. The number of rotatable bonds is 10. The van der Waals surface area contributed by atoms with Crippen LogP contribution in [-0.2, 0) is 4.79 Å². The van der Waals surface area contributed by atoms with E-state index < -0.39 is 0 Å². The number of hydrogen-bond acceptors (Lipinski definition) is 2. The first-order chi connectivity index (χ1) is 8.24. The summed E-state index contributed by atoms with van der Waals surface area (Å²) in [5, 5.41) is 2.94. The summed E-state index contributed by atoms with van der Waals surface area (Å²) >= 11 is 0. The molecule has 0 aliphatic carbocycles. The zero-order valence-electron chi connectivity index (χ0n) is 11.4. The van der Waals surface area contributed by atoms with Gasteiger partial charge in [-0.2, -0.15) is 0 Å². The minimum atomic E-state index is 0.174. The van der Waals surface area contributed by atoms with E-state index in [0.29, 0.717) is 12.3 Å². The molecule has 3 N–H and O–H groups in total. The molecule has 0 radical (unpaired) electrons. The average molecular weight is 240 g/mol. The molecule has 17 heavy (non-hydrogen) atoms. The molecule has 0 heterocycles. The van der Waals surface area contributed by atoms with Gasteiger partial charge in [0.25, 0.3) is 0 Å². The highest BCUT2D eigenvalue weighted by atomic mass is 16.1. The van der Waals surface area contributed by atoms with Gasteiger partial charge in [-0.3, -0.25) is 4.79 Å². The Morgan fingerprint density at radius 1 is 1.35 bits per heavy atom. The molecule has 0 aliphatic rings. The maximum absolute atomic E-state index is 11.6. The third-order valence-electron chi connectivity index (χ3n) is 2.92. The van der Waals surface area contributed by atoms with E-state index in [0.717, 1.165) is 32.4 Å². The van der Waals surface area contributed by atoms with Gasteiger partial charge in [-0.25, -0.2) is 0 Å². The first-order valence-corrected chi connectivity index (χ1v) is 6.82. The minimum Gasteiger partial charge on any atom is -0.356 e. The van der Waals surface area contributed by atoms with Crippen molar-refractivity contribution in [1.82, 2.24) is 5.32 Å². The SMILES string of the molecule is C/C=C/CCNC(=O)CCC(CCC)CCN. The number of hydrogen-bond donors (Lipinski definition) is 2. The Balaban J connectivity index is 3.64. The topological polar surface area (TPSA) is 55.1 Å². The van der Waals surface area contributed by atoms with Gasteiger partial charge < -0.3 is 11.1 Å². The van der Waals surface area contributed by atoms with Crippen LogP contribution in [0.4, 0.5) is 0 Å². The van der Waals surface area contributed by atoms with Crippen LogP contribution < -0.4 is 11.1 Å². The van der Waals surface area contributed by atoms with E-state index in [-0.39, 0.29) is 5.91 Å². The van der Waals surface area contributed by atoms with Crippen molar-refractivity contribution in [3.63, 3.8) is 0 Å². The molecule has 1 unspecified atom stereocenters. The third kappa shape index (κ3) is 10.1. The molecule has 0 bridgehead atoms. The molecule has 0 spiro atoms. The van der Waals surface area contributed by atoms with E-state index in [9.17, 15) is 4.79 Å². The van der Waals surface area contributed by atoms with Crippen LogP contribution in [0.5, 0.6) is 0 Å². The number of nitrogens with two attached hydrogens (primary N) is 1. The van der Waals surface area contributed by atoms with Gasteiger partial charge in [0.2, 0.25) is 5.91 Å². The summed E-state index contributed by atoms with van der Waals surface area (Å²) in [6.07, 6.45) is 10.0. The van der Waals surface area contributed by atoms with E-state index in [2.05, 4.69) is 18.3 Å². The molecule has 0 aromatic rings. The lowest BCUT2D eigenvalue weighted by Gasteiger charge is -2.14. The summed E-state index contributed by atoms with van der Waals surface area (Å²) < 4.78 is 0. The first kappa shape index (κ1) is 16.2. The van der Waals surface area contributed by atoms with Gasteiger partial charge in [-0.05, 0) is 38.6 Å². The highest BCUT2D eigenvalue weighted by Crippen LogP contribution is 2.16. The van der Waals surface area contributed by atoms with Gasteiger partial charge in [0.1, 0.15) is 0 Å². The van der Waals surface area contributed by atoms with Gasteiger partial charge in [0.15, 0.2) is 0 Å². The lowest BCUT2D eigenvalue weighted by atomic mass is 9.94.